The van der Waals surface area contributed by atoms with Crippen LogP contribution in [0.25, 0.3) is 0 Å². The Morgan fingerprint density at radius 3 is 2.20 bits per heavy atom. The zero-order chi connectivity index (χ0) is 8.20. The average Bonchev–Trinajstić information content (AvgIpc) is 1.81. The molecule has 0 aliphatic carbocycles. The first-order chi connectivity index (χ1) is 4.45. The van der Waals surface area contributed by atoms with E-state index in [-0.39, 0.29) is 11.4 Å². The summed E-state index contributed by atoms with van der Waals surface area (Å²) in [6.45, 7) is 6.92. The van der Waals surface area contributed by atoms with Crippen LogP contribution in [-0.4, -0.2) is 19.6 Å². The van der Waals surface area contributed by atoms with E-state index in [1.165, 1.54) is 0 Å². The van der Waals surface area contributed by atoms with Gasteiger partial charge in [-0.15, -0.1) is 0 Å². The molecule has 10 heavy (non-hydrogen) atoms. The third-order valence-corrected chi connectivity index (χ3v) is 1.01. The quantitative estimate of drug-likeness (QED) is 0.565. The van der Waals surface area contributed by atoms with E-state index in [2.05, 4.69) is 31.4 Å². The summed E-state index contributed by atoms with van der Waals surface area (Å²) >= 11 is 0. The number of rotatable bonds is 1. The smallest absolute Gasteiger partial charge is 0.314 e. The zero-order valence-corrected chi connectivity index (χ0v) is 7.12. The number of carbonyl (C=O) groups excluding carboxylic acids is 1. The maximum absolute atomic E-state index is 10.6. The van der Waals surface area contributed by atoms with Gasteiger partial charge in [-0.1, -0.05) is 20.8 Å². The van der Waals surface area contributed by atoms with E-state index in [0.29, 0.717) is 6.54 Å². The lowest BCUT2D eigenvalue weighted by molar-refractivity contribution is 0.237. The van der Waals surface area contributed by atoms with Gasteiger partial charge in [0.25, 0.3) is 0 Å². The topological polar surface area (TPSA) is 41.1 Å². The fraction of sp³-hybridized carbons (Fsp3) is 0.857. The summed E-state index contributed by atoms with van der Waals surface area (Å²) in [5, 5.41) is 5.21. The van der Waals surface area contributed by atoms with Gasteiger partial charge in [0.1, 0.15) is 0 Å². The van der Waals surface area contributed by atoms with E-state index in [9.17, 15) is 4.79 Å². The summed E-state index contributed by atoms with van der Waals surface area (Å²) < 4.78 is 0. The van der Waals surface area contributed by atoms with Crippen molar-refractivity contribution in [3.05, 3.63) is 0 Å². The molecule has 0 rings (SSSR count). The van der Waals surface area contributed by atoms with E-state index < -0.39 is 0 Å². The van der Waals surface area contributed by atoms with Crippen molar-refractivity contribution in [1.29, 1.82) is 0 Å². The van der Waals surface area contributed by atoms with E-state index >= 15 is 0 Å². The summed E-state index contributed by atoms with van der Waals surface area (Å²) in [7, 11) is 1.61. The molecule has 0 aliphatic rings. The highest BCUT2D eigenvalue weighted by atomic mass is 16.2. The minimum atomic E-state index is -0.116. The number of urea groups is 1. The Balaban J connectivity index is 3.46. The van der Waals surface area contributed by atoms with Crippen LogP contribution in [-0.2, 0) is 0 Å². The molecule has 0 aromatic heterocycles. The van der Waals surface area contributed by atoms with Crippen molar-refractivity contribution >= 4 is 6.03 Å². The molecule has 0 saturated heterocycles. The van der Waals surface area contributed by atoms with Gasteiger partial charge in [-0.05, 0) is 5.41 Å². The van der Waals surface area contributed by atoms with Crippen LogP contribution >= 0.6 is 0 Å². The van der Waals surface area contributed by atoms with Gasteiger partial charge in [0.2, 0.25) is 0 Å². The van der Waals surface area contributed by atoms with Crippen LogP contribution in [0.3, 0.4) is 0 Å². The molecule has 0 spiro atoms. The van der Waals surface area contributed by atoms with Gasteiger partial charge in [0.15, 0.2) is 0 Å². The van der Waals surface area contributed by atoms with Crippen molar-refractivity contribution in [2.45, 2.75) is 20.8 Å². The summed E-state index contributed by atoms with van der Waals surface area (Å²) in [4.78, 5) is 10.6. The summed E-state index contributed by atoms with van der Waals surface area (Å²) in [5.74, 6) is 0. The Labute approximate surface area is 62.2 Å². The second kappa shape index (κ2) is 3.44. The molecule has 0 aromatic rings. The van der Waals surface area contributed by atoms with E-state index in [4.69, 9.17) is 0 Å². The molecule has 0 radical (unpaired) electrons. The summed E-state index contributed by atoms with van der Waals surface area (Å²) in [6.07, 6.45) is 0. The van der Waals surface area contributed by atoms with Crippen molar-refractivity contribution in [2.24, 2.45) is 5.41 Å². The fourth-order valence-electron chi connectivity index (χ4n) is 0.434. The lowest BCUT2D eigenvalue weighted by atomic mass is 9.97. The van der Waals surface area contributed by atoms with Crippen LogP contribution in [0.2, 0.25) is 0 Å². The van der Waals surface area contributed by atoms with Gasteiger partial charge in [-0.3, -0.25) is 0 Å². The SMILES string of the molecule is CNC(=O)NCC(C)(C)C. The van der Waals surface area contributed by atoms with Gasteiger partial charge in [0.05, 0.1) is 0 Å². The zero-order valence-electron chi connectivity index (χ0n) is 7.12. The van der Waals surface area contributed by atoms with Gasteiger partial charge in [-0.2, -0.15) is 0 Å². The molecule has 0 aromatic carbocycles. The van der Waals surface area contributed by atoms with E-state index in [1.54, 1.807) is 7.05 Å². The second-order valence-corrected chi connectivity index (χ2v) is 3.49. The van der Waals surface area contributed by atoms with Crippen LogP contribution in [0, 0.1) is 5.41 Å². The largest absolute Gasteiger partial charge is 0.341 e. The predicted molar refractivity (Wildman–Crippen MR) is 41.9 cm³/mol. The fourth-order valence-corrected chi connectivity index (χ4v) is 0.434. The Morgan fingerprint density at radius 1 is 1.40 bits per heavy atom. The molecule has 0 saturated carbocycles. The number of nitrogens with one attached hydrogen (secondary N) is 2. The maximum Gasteiger partial charge on any atom is 0.314 e. The molecule has 0 fully saturated rings. The number of amides is 2. The van der Waals surface area contributed by atoms with Crippen molar-refractivity contribution in [3.63, 3.8) is 0 Å². The van der Waals surface area contributed by atoms with Crippen LogP contribution < -0.4 is 10.6 Å². The van der Waals surface area contributed by atoms with E-state index in [0.717, 1.165) is 0 Å². The van der Waals surface area contributed by atoms with Gasteiger partial charge in [0, 0.05) is 13.6 Å². The Morgan fingerprint density at radius 2 is 1.90 bits per heavy atom. The first kappa shape index (κ1) is 9.27. The molecule has 0 bridgehead atoms. The van der Waals surface area contributed by atoms with Crippen LogP contribution in [0.15, 0.2) is 0 Å². The number of hydrogen-bond donors (Lipinski definition) is 2. The maximum atomic E-state index is 10.6. The molecule has 0 heterocycles. The monoisotopic (exact) mass is 144 g/mol. The molecule has 2 amide bonds. The first-order valence-corrected chi connectivity index (χ1v) is 3.41. The lowest BCUT2D eigenvalue weighted by Gasteiger charge is -2.18. The van der Waals surface area contributed by atoms with Crippen molar-refractivity contribution in [3.8, 4) is 0 Å². The lowest BCUT2D eigenvalue weighted by Crippen LogP contribution is -2.38. The highest BCUT2D eigenvalue weighted by Crippen LogP contribution is 2.09. The Kier molecular flexibility index (Phi) is 3.19. The van der Waals surface area contributed by atoms with Crippen LogP contribution in [0.1, 0.15) is 20.8 Å². The summed E-state index contributed by atoms with van der Waals surface area (Å²) in [6, 6.07) is -0.116. The third-order valence-electron chi connectivity index (χ3n) is 1.01. The average molecular weight is 144 g/mol. The molecule has 0 unspecified atom stereocenters. The minimum Gasteiger partial charge on any atom is -0.341 e. The molecule has 0 atom stereocenters. The molecule has 3 heteroatoms. The molecule has 2 N–H and O–H groups in total. The highest BCUT2D eigenvalue weighted by molar-refractivity contribution is 5.73. The Bertz CT molecular complexity index is 115. The van der Waals surface area contributed by atoms with Crippen LogP contribution in [0.4, 0.5) is 4.79 Å². The molecular weight excluding hydrogens is 128 g/mol. The van der Waals surface area contributed by atoms with Crippen molar-refractivity contribution in [1.82, 2.24) is 10.6 Å². The van der Waals surface area contributed by atoms with Gasteiger partial charge < -0.3 is 10.6 Å². The predicted octanol–water partition coefficient (Wildman–Crippen LogP) is 0.961. The van der Waals surface area contributed by atoms with Gasteiger partial charge in [-0.25, -0.2) is 4.79 Å². The third kappa shape index (κ3) is 5.41. The van der Waals surface area contributed by atoms with Gasteiger partial charge >= 0.3 is 6.03 Å². The molecule has 0 aliphatic heterocycles. The van der Waals surface area contributed by atoms with Crippen LogP contribution in [0.5, 0.6) is 0 Å². The standard InChI is InChI=1S/C7H16N2O/c1-7(2,3)5-9-6(10)8-4/h5H2,1-4H3,(H2,8,9,10). The molecule has 60 valence electrons. The number of hydrogen-bond acceptors (Lipinski definition) is 1. The van der Waals surface area contributed by atoms with E-state index in [1.807, 2.05) is 0 Å². The van der Waals surface area contributed by atoms with Crippen molar-refractivity contribution in [2.75, 3.05) is 13.6 Å². The Hall–Kier alpha value is -0.730. The molecule has 3 nitrogen and oxygen atoms in total. The highest BCUT2D eigenvalue weighted by Gasteiger charge is 2.10. The number of carbonyl (C=O) groups is 1. The van der Waals surface area contributed by atoms with Crippen molar-refractivity contribution < 1.29 is 4.79 Å². The normalized spacial score (nSPS) is 10.8. The first-order valence-electron chi connectivity index (χ1n) is 3.41. The summed E-state index contributed by atoms with van der Waals surface area (Å²) in [5.41, 5.74) is 0.159. The minimum absolute atomic E-state index is 0.116. The molecular formula is C7H16N2O. The second-order valence-electron chi connectivity index (χ2n) is 3.49.